The molecule has 156 valence electrons. The molecule has 4 rings (SSSR count). The van der Waals surface area contributed by atoms with E-state index in [1.807, 2.05) is 30.3 Å². The van der Waals surface area contributed by atoms with Crippen molar-refractivity contribution in [3.63, 3.8) is 0 Å². The molecule has 3 aromatic carbocycles. The fraction of sp³-hybridized carbons (Fsp3) is 0.120. The summed E-state index contributed by atoms with van der Waals surface area (Å²) in [6.45, 7) is 0.101. The van der Waals surface area contributed by atoms with Crippen LogP contribution in [0, 0.1) is 5.82 Å². The summed E-state index contributed by atoms with van der Waals surface area (Å²) < 4.78 is 19.9. The van der Waals surface area contributed by atoms with E-state index in [0.717, 1.165) is 5.56 Å². The van der Waals surface area contributed by atoms with Crippen molar-refractivity contribution in [2.75, 3.05) is 7.11 Å². The number of aliphatic hydroxyl groups is 1. The quantitative estimate of drug-likeness (QED) is 0.378. The number of amides is 1. The first kappa shape index (κ1) is 20.3. The first-order valence-corrected chi connectivity index (χ1v) is 9.72. The Bertz CT molecular complexity index is 1160. The van der Waals surface area contributed by atoms with Gasteiger partial charge in [-0.25, -0.2) is 4.39 Å². The Hall–Kier alpha value is -3.93. The Balaban J connectivity index is 1.86. The second-order valence-electron chi connectivity index (χ2n) is 7.16. The Labute approximate surface area is 179 Å². The molecule has 0 radical (unpaired) electrons. The van der Waals surface area contributed by atoms with Gasteiger partial charge in [-0.15, -0.1) is 0 Å². The number of aliphatic hydroxyl groups excluding tert-OH is 1. The zero-order chi connectivity index (χ0) is 22.0. The van der Waals surface area contributed by atoms with Gasteiger partial charge in [0.25, 0.3) is 11.7 Å². The van der Waals surface area contributed by atoms with Gasteiger partial charge in [0.05, 0.1) is 18.7 Å². The number of hydrogen-bond acceptors (Lipinski definition) is 4. The van der Waals surface area contributed by atoms with Gasteiger partial charge in [-0.3, -0.25) is 9.59 Å². The molecule has 0 spiro atoms. The lowest BCUT2D eigenvalue weighted by atomic mass is 9.94. The van der Waals surface area contributed by atoms with E-state index in [2.05, 4.69) is 0 Å². The molecule has 0 aliphatic carbocycles. The summed E-state index contributed by atoms with van der Waals surface area (Å²) in [4.78, 5) is 27.2. The predicted octanol–water partition coefficient (Wildman–Crippen LogP) is 4.46. The summed E-state index contributed by atoms with van der Waals surface area (Å²) in [5.74, 6) is -1.98. The van der Waals surface area contributed by atoms with Gasteiger partial charge in [0, 0.05) is 17.7 Å². The van der Waals surface area contributed by atoms with Gasteiger partial charge in [-0.1, -0.05) is 48.5 Å². The molecule has 1 amide bonds. The van der Waals surface area contributed by atoms with Crippen LogP contribution in [0.1, 0.15) is 22.7 Å². The highest BCUT2D eigenvalue weighted by molar-refractivity contribution is 6.46. The van der Waals surface area contributed by atoms with Crippen molar-refractivity contribution in [3.8, 4) is 5.75 Å². The molecule has 1 N–H and O–H groups in total. The van der Waals surface area contributed by atoms with Crippen molar-refractivity contribution < 1.29 is 23.8 Å². The summed E-state index contributed by atoms with van der Waals surface area (Å²) in [5.41, 5.74) is 1.12. The lowest BCUT2D eigenvalue weighted by molar-refractivity contribution is -0.140. The average Bonchev–Trinajstić information content (AvgIpc) is 3.04. The van der Waals surface area contributed by atoms with Crippen LogP contribution in [-0.2, 0) is 16.1 Å². The maximum Gasteiger partial charge on any atom is 0.295 e. The summed E-state index contributed by atoms with van der Waals surface area (Å²) in [6.07, 6.45) is 0. The van der Waals surface area contributed by atoms with Crippen LogP contribution in [0.5, 0.6) is 5.75 Å². The van der Waals surface area contributed by atoms with Gasteiger partial charge in [0.1, 0.15) is 17.3 Å². The van der Waals surface area contributed by atoms with E-state index in [4.69, 9.17) is 4.74 Å². The number of hydrogen-bond donors (Lipinski definition) is 1. The highest BCUT2D eigenvalue weighted by Crippen LogP contribution is 2.41. The van der Waals surface area contributed by atoms with Gasteiger partial charge in [0.2, 0.25) is 0 Å². The number of methoxy groups -OCH3 is 1. The van der Waals surface area contributed by atoms with E-state index in [-0.39, 0.29) is 23.4 Å². The van der Waals surface area contributed by atoms with Crippen molar-refractivity contribution in [1.29, 1.82) is 0 Å². The number of Topliss-reactive ketones (excluding diaryl/α,β-unsaturated/α-hetero) is 1. The molecule has 1 aliphatic heterocycles. The van der Waals surface area contributed by atoms with Gasteiger partial charge >= 0.3 is 0 Å². The summed E-state index contributed by atoms with van der Waals surface area (Å²) in [7, 11) is 1.52. The third-order valence-electron chi connectivity index (χ3n) is 5.30. The monoisotopic (exact) mass is 417 g/mol. The van der Waals surface area contributed by atoms with Crippen molar-refractivity contribution >= 4 is 17.4 Å². The molecule has 0 aromatic heterocycles. The van der Waals surface area contributed by atoms with E-state index < -0.39 is 23.5 Å². The van der Waals surface area contributed by atoms with Gasteiger partial charge < -0.3 is 14.7 Å². The number of ketones is 1. The third-order valence-corrected chi connectivity index (χ3v) is 5.30. The second-order valence-corrected chi connectivity index (χ2v) is 7.16. The summed E-state index contributed by atoms with van der Waals surface area (Å²) >= 11 is 0. The maximum atomic E-state index is 14.8. The van der Waals surface area contributed by atoms with Gasteiger partial charge in [-0.05, 0) is 35.9 Å². The molecule has 5 nitrogen and oxygen atoms in total. The van der Waals surface area contributed by atoms with Crippen LogP contribution >= 0.6 is 0 Å². The van der Waals surface area contributed by atoms with Crippen LogP contribution in [0.2, 0.25) is 0 Å². The highest BCUT2D eigenvalue weighted by Gasteiger charge is 2.46. The molecule has 1 atom stereocenters. The normalized spacial score (nSPS) is 17.7. The largest absolute Gasteiger partial charge is 0.507 e. The molecule has 6 heteroatoms. The average molecular weight is 417 g/mol. The van der Waals surface area contributed by atoms with E-state index in [1.54, 1.807) is 30.3 Å². The second kappa shape index (κ2) is 8.44. The SMILES string of the molecule is COc1ccc(/C(O)=C2\C(=O)C(=O)N(Cc3ccccc3)C2c2ccccc2F)cc1. The highest BCUT2D eigenvalue weighted by atomic mass is 19.1. The minimum absolute atomic E-state index is 0.101. The zero-order valence-corrected chi connectivity index (χ0v) is 16.8. The molecule has 1 unspecified atom stereocenters. The molecule has 1 aliphatic rings. The molecule has 0 saturated carbocycles. The number of halogens is 1. The Morgan fingerprint density at radius 2 is 1.61 bits per heavy atom. The molecule has 3 aromatic rings. The van der Waals surface area contributed by atoms with Crippen molar-refractivity contribution in [3.05, 3.63) is 107 Å². The van der Waals surface area contributed by atoms with Crippen molar-refractivity contribution in [2.24, 2.45) is 0 Å². The summed E-state index contributed by atoms with van der Waals surface area (Å²) in [5, 5.41) is 11.0. The Kier molecular flexibility index (Phi) is 5.54. The number of carbonyl (C=O) groups is 2. The number of rotatable bonds is 5. The standard InChI is InChI=1S/C25H20FNO4/c1-31-18-13-11-17(12-14-18)23(28)21-22(19-9-5-6-10-20(19)26)27(25(30)24(21)29)15-16-7-3-2-4-8-16/h2-14,22,28H,15H2,1H3/b23-21+. The maximum absolute atomic E-state index is 14.8. The van der Waals surface area contributed by atoms with Gasteiger partial charge in [-0.2, -0.15) is 0 Å². The molecule has 1 saturated heterocycles. The lowest BCUT2D eigenvalue weighted by Gasteiger charge is -2.25. The van der Waals surface area contributed by atoms with Crippen LogP contribution in [0.4, 0.5) is 4.39 Å². The molecule has 1 fully saturated rings. The zero-order valence-electron chi connectivity index (χ0n) is 16.8. The third kappa shape index (κ3) is 3.80. The number of carbonyl (C=O) groups excluding carboxylic acids is 2. The van der Waals surface area contributed by atoms with Gasteiger partial charge in [0.15, 0.2) is 0 Å². The van der Waals surface area contributed by atoms with Crippen LogP contribution in [0.3, 0.4) is 0 Å². The Morgan fingerprint density at radius 3 is 2.26 bits per heavy atom. The smallest absolute Gasteiger partial charge is 0.295 e. The molecular formula is C25H20FNO4. The van der Waals surface area contributed by atoms with Crippen molar-refractivity contribution in [2.45, 2.75) is 12.6 Å². The van der Waals surface area contributed by atoms with E-state index in [0.29, 0.717) is 11.3 Å². The first-order valence-electron chi connectivity index (χ1n) is 9.72. The van der Waals surface area contributed by atoms with Crippen molar-refractivity contribution in [1.82, 2.24) is 4.90 Å². The van der Waals surface area contributed by atoms with Crippen LogP contribution in [-0.4, -0.2) is 28.8 Å². The molecule has 31 heavy (non-hydrogen) atoms. The van der Waals surface area contributed by atoms with E-state index >= 15 is 0 Å². The Morgan fingerprint density at radius 1 is 0.968 bits per heavy atom. The fourth-order valence-electron chi connectivity index (χ4n) is 3.75. The fourth-order valence-corrected chi connectivity index (χ4v) is 3.75. The minimum atomic E-state index is -1.05. The number of benzene rings is 3. The van der Waals surface area contributed by atoms with E-state index in [9.17, 15) is 19.1 Å². The number of ether oxygens (including phenoxy) is 1. The predicted molar refractivity (Wildman–Crippen MR) is 114 cm³/mol. The van der Waals surface area contributed by atoms with Crippen LogP contribution < -0.4 is 4.74 Å². The molecular weight excluding hydrogens is 397 g/mol. The van der Waals surface area contributed by atoms with Crippen LogP contribution in [0.25, 0.3) is 5.76 Å². The number of nitrogens with zero attached hydrogens (tertiary/aromatic N) is 1. The summed E-state index contributed by atoms with van der Waals surface area (Å²) in [6, 6.07) is 20.5. The molecule has 1 heterocycles. The minimum Gasteiger partial charge on any atom is -0.507 e. The van der Waals surface area contributed by atoms with Crippen LogP contribution in [0.15, 0.2) is 84.4 Å². The lowest BCUT2D eigenvalue weighted by Crippen LogP contribution is -2.29. The van der Waals surface area contributed by atoms with E-state index in [1.165, 1.54) is 30.2 Å². The first-order chi connectivity index (χ1) is 15.0. The molecule has 0 bridgehead atoms. The topological polar surface area (TPSA) is 66.8 Å². The number of likely N-dealkylation sites (tertiary alicyclic amines) is 1.